The lowest BCUT2D eigenvalue weighted by molar-refractivity contribution is 0.151. The lowest BCUT2D eigenvalue weighted by Crippen LogP contribution is -2.16. The third-order valence-corrected chi connectivity index (χ3v) is 6.66. The van der Waals surface area contributed by atoms with Crippen molar-refractivity contribution in [1.82, 2.24) is 0 Å². The Bertz CT molecular complexity index is 856. The highest BCUT2D eigenvalue weighted by Crippen LogP contribution is 2.29. The number of rotatable bonds is 16. The predicted octanol–water partition coefficient (Wildman–Crippen LogP) is 9.41. The largest absolute Gasteiger partial charge is 0.519 e. The molecule has 0 spiro atoms. The zero-order valence-electron chi connectivity index (χ0n) is 22.1. The van der Waals surface area contributed by atoms with Gasteiger partial charge in [0.2, 0.25) is 0 Å². The zero-order valence-corrected chi connectivity index (χ0v) is 22.1. The Labute approximate surface area is 208 Å². The maximum absolute atomic E-state index is 12.8. The van der Waals surface area contributed by atoms with E-state index < -0.39 is 6.16 Å². The molecule has 188 valence electrons. The molecule has 0 unspecified atom stereocenters. The molecule has 0 aliphatic heterocycles. The average molecular weight is 467 g/mol. The summed E-state index contributed by atoms with van der Waals surface area (Å²) in [5.41, 5.74) is 4.80. The van der Waals surface area contributed by atoms with Crippen LogP contribution in [0.2, 0.25) is 0 Å². The van der Waals surface area contributed by atoms with Crippen LogP contribution in [0.15, 0.2) is 36.4 Å². The maximum atomic E-state index is 12.8. The summed E-state index contributed by atoms with van der Waals surface area (Å²) >= 11 is 0. The molecule has 0 aliphatic carbocycles. The normalized spacial score (nSPS) is 10.9. The maximum Gasteiger partial charge on any atom is 0.519 e. The fourth-order valence-corrected chi connectivity index (χ4v) is 4.69. The molecule has 0 bridgehead atoms. The van der Waals surface area contributed by atoms with Crippen LogP contribution in [0.5, 0.6) is 11.5 Å². The Morgan fingerprint density at radius 3 is 1.68 bits per heavy atom. The van der Waals surface area contributed by atoms with Crippen molar-refractivity contribution in [2.45, 2.75) is 118 Å². The first-order chi connectivity index (χ1) is 16.6. The number of unbranched alkanes of at least 4 members (excludes halogenated alkanes) is 8. The van der Waals surface area contributed by atoms with E-state index in [0.29, 0.717) is 11.5 Å². The standard InChI is InChI=1S/C31H46O3/c1-5-9-11-13-15-19-26-21-18-24-30(28(26)22-16-14-12-10-6-2)34-31(32)33-29-23-17-20-25(7-3)27(29)8-4/h17-18,20-21,23-24H,5-16,19,22H2,1-4H3. The second-order valence-electron chi connectivity index (χ2n) is 9.28. The molecule has 0 heterocycles. The third kappa shape index (κ3) is 9.16. The van der Waals surface area contributed by atoms with Gasteiger partial charge in [-0.3, -0.25) is 0 Å². The Kier molecular flexibility index (Phi) is 13.4. The fraction of sp³-hybridized carbons (Fsp3) is 0.581. The van der Waals surface area contributed by atoms with Crippen LogP contribution in [0.3, 0.4) is 0 Å². The van der Waals surface area contributed by atoms with E-state index in [1.807, 2.05) is 24.3 Å². The predicted molar refractivity (Wildman–Crippen MR) is 143 cm³/mol. The van der Waals surface area contributed by atoms with Crippen LogP contribution in [0.25, 0.3) is 0 Å². The minimum Gasteiger partial charge on any atom is -0.394 e. The molecule has 0 saturated carbocycles. The Hall–Kier alpha value is -2.29. The van der Waals surface area contributed by atoms with Crippen LogP contribution < -0.4 is 9.47 Å². The second-order valence-corrected chi connectivity index (χ2v) is 9.28. The molecule has 3 nitrogen and oxygen atoms in total. The van der Waals surface area contributed by atoms with E-state index in [1.54, 1.807) is 0 Å². The van der Waals surface area contributed by atoms with Crippen molar-refractivity contribution >= 4 is 6.16 Å². The first kappa shape index (κ1) is 28.0. The van der Waals surface area contributed by atoms with Crippen molar-refractivity contribution in [2.75, 3.05) is 0 Å². The van der Waals surface area contributed by atoms with Gasteiger partial charge in [0.05, 0.1) is 0 Å². The van der Waals surface area contributed by atoms with Gasteiger partial charge >= 0.3 is 6.16 Å². The molecule has 34 heavy (non-hydrogen) atoms. The molecular weight excluding hydrogens is 420 g/mol. The van der Waals surface area contributed by atoms with Gasteiger partial charge in [-0.15, -0.1) is 0 Å². The van der Waals surface area contributed by atoms with Gasteiger partial charge in [0, 0.05) is 0 Å². The van der Waals surface area contributed by atoms with Crippen LogP contribution in [0.4, 0.5) is 4.79 Å². The monoisotopic (exact) mass is 466 g/mol. The van der Waals surface area contributed by atoms with Gasteiger partial charge in [-0.05, 0) is 72.9 Å². The van der Waals surface area contributed by atoms with Crippen molar-refractivity contribution in [1.29, 1.82) is 0 Å². The van der Waals surface area contributed by atoms with E-state index >= 15 is 0 Å². The number of hydrogen-bond donors (Lipinski definition) is 0. The Balaban J connectivity index is 2.13. The van der Waals surface area contributed by atoms with Crippen LogP contribution >= 0.6 is 0 Å². The molecule has 0 amide bonds. The highest BCUT2D eigenvalue weighted by atomic mass is 16.7. The minimum absolute atomic E-state index is 0.611. The van der Waals surface area contributed by atoms with E-state index in [-0.39, 0.29) is 0 Å². The van der Waals surface area contributed by atoms with Crippen LogP contribution in [-0.4, -0.2) is 6.16 Å². The quantitative estimate of drug-likeness (QED) is 0.140. The van der Waals surface area contributed by atoms with Gasteiger partial charge < -0.3 is 9.47 Å². The van der Waals surface area contributed by atoms with Crippen molar-refractivity contribution in [3.63, 3.8) is 0 Å². The molecule has 0 radical (unpaired) electrons. The van der Waals surface area contributed by atoms with E-state index in [9.17, 15) is 4.79 Å². The third-order valence-electron chi connectivity index (χ3n) is 6.66. The smallest absolute Gasteiger partial charge is 0.394 e. The highest BCUT2D eigenvalue weighted by Gasteiger charge is 2.17. The summed E-state index contributed by atoms with van der Waals surface area (Å²) in [6, 6.07) is 12.0. The van der Waals surface area contributed by atoms with Crippen LogP contribution in [0.1, 0.15) is 114 Å². The van der Waals surface area contributed by atoms with Gasteiger partial charge in [0.25, 0.3) is 0 Å². The van der Waals surface area contributed by atoms with Gasteiger partial charge in [-0.2, -0.15) is 0 Å². The Morgan fingerprint density at radius 1 is 0.588 bits per heavy atom. The summed E-state index contributed by atoms with van der Waals surface area (Å²) in [6.45, 7) is 8.70. The molecule has 2 aromatic rings. The summed E-state index contributed by atoms with van der Waals surface area (Å²) in [5.74, 6) is 1.27. The Morgan fingerprint density at radius 2 is 1.12 bits per heavy atom. The summed E-state index contributed by atoms with van der Waals surface area (Å²) < 4.78 is 11.5. The van der Waals surface area contributed by atoms with Gasteiger partial charge in [0.15, 0.2) is 0 Å². The number of aryl methyl sites for hydroxylation is 2. The first-order valence-corrected chi connectivity index (χ1v) is 13.8. The van der Waals surface area contributed by atoms with E-state index in [4.69, 9.17) is 9.47 Å². The SMILES string of the molecule is CCCCCCCc1cccc(OC(=O)Oc2cccc(CC)c2CC)c1CCCCCCC. The molecule has 0 aliphatic rings. The number of carbonyl (C=O) groups is 1. The van der Waals surface area contributed by atoms with Crippen LogP contribution in [0, 0.1) is 0 Å². The molecule has 2 rings (SSSR count). The molecule has 0 aromatic heterocycles. The number of carbonyl (C=O) groups excluding carboxylic acids is 1. The number of benzene rings is 2. The summed E-state index contributed by atoms with van der Waals surface area (Å²) in [4.78, 5) is 12.8. The van der Waals surface area contributed by atoms with Crippen molar-refractivity contribution in [3.8, 4) is 11.5 Å². The van der Waals surface area contributed by atoms with Crippen molar-refractivity contribution < 1.29 is 14.3 Å². The van der Waals surface area contributed by atoms with Crippen molar-refractivity contribution in [3.05, 3.63) is 58.7 Å². The van der Waals surface area contributed by atoms with Gasteiger partial charge in [-0.1, -0.05) is 103 Å². The first-order valence-electron chi connectivity index (χ1n) is 13.8. The van der Waals surface area contributed by atoms with E-state index in [2.05, 4.69) is 39.8 Å². The zero-order chi connectivity index (χ0) is 24.6. The molecule has 0 atom stereocenters. The molecule has 2 aromatic carbocycles. The lowest BCUT2D eigenvalue weighted by atomic mass is 9.95. The van der Waals surface area contributed by atoms with E-state index in [0.717, 1.165) is 37.7 Å². The summed E-state index contributed by atoms with van der Waals surface area (Å²) in [6.07, 6.45) is 15.5. The molecule has 3 heteroatoms. The average Bonchev–Trinajstić information content (AvgIpc) is 2.84. The molecule has 0 fully saturated rings. The van der Waals surface area contributed by atoms with Gasteiger partial charge in [-0.25, -0.2) is 4.79 Å². The number of hydrogen-bond acceptors (Lipinski definition) is 3. The van der Waals surface area contributed by atoms with Gasteiger partial charge in [0.1, 0.15) is 11.5 Å². The fourth-order valence-electron chi connectivity index (χ4n) is 4.69. The minimum atomic E-state index is -0.643. The lowest BCUT2D eigenvalue weighted by Gasteiger charge is -2.16. The van der Waals surface area contributed by atoms with E-state index in [1.165, 1.54) is 74.5 Å². The molecular formula is C31H46O3. The summed E-state index contributed by atoms with van der Waals surface area (Å²) in [7, 11) is 0. The number of ether oxygens (including phenoxy) is 2. The van der Waals surface area contributed by atoms with Crippen molar-refractivity contribution in [2.24, 2.45) is 0 Å². The highest BCUT2D eigenvalue weighted by molar-refractivity contribution is 5.68. The summed E-state index contributed by atoms with van der Waals surface area (Å²) in [5, 5.41) is 0. The topological polar surface area (TPSA) is 35.5 Å². The molecule has 0 saturated heterocycles. The second kappa shape index (κ2) is 16.4. The molecule has 0 N–H and O–H groups in total. The van der Waals surface area contributed by atoms with Crippen LogP contribution in [-0.2, 0) is 25.7 Å².